The Bertz CT molecular complexity index is 669. The first kappa shape index (κ1) is 21.9. The molecule has 5 heteroatoms. The Labute approximate surface area is 168 Å². The van der Waals surface area contributed by atoms with Gasteiger partial charge in [0.05, 0.1) is 19.0 Å². The molecule has 0 aliphatic rings. The number of unbranched alkanes of at least 4 members (excludes halogenated alkanes) is 2. The first-order valence-corrected chi connectivity index (χ1v) is 10.2. The van der Waals surface area contributed by atoms with E-state index in [9.17, 15) is 0 Å². The fourth-order valence-corrected chi connectivity index (χ4v) is 2.48. The number of aromatic nitrogens is 2. The molecule has 2 rings (SSSR count). The second-order valence-electron chi connectivity index (χ2n) is 6.51. The number of hydrogen-bond donors (Lipinski definition) is 0. The van der Waals surface area contributed by atoms with Gasteiger partial charge in [0.15, 0.2) is 11.6 Å². The fourth-order valence-electron chi connectivity index (χ4n) is 2.48. The molecule has 0 atom stereocenters. The Balaban J connectivity index is 1.73. The van der Waals surface area contributed by atoms with Crippen LogP contribution in [0.15, 0.2) is 48.8 Å². The average molecular weight is 385 g/mol. The second kappa shape index (κ2) is 13.7. The van der Waals surface area contributed by atoms with Crippen molar-refractivity contribution in [3.8, 4) is 22.9 Å². The maximum Gasteiger partial charge on any atom is 0.159 e. The van der Waals surface area contributed by atoms with Gasteiger partial charge in [-0.3, -0.25) is 0 Å². The molecule has 0 saturated heterocycles. The van der Waals surface area contributed by atoms with Gasteiger partial charge in [-0.15, -0.1) is 0 Å². The summed E-state index contributed by atoms with van der Waals surface area (Å²) >= 11 is 0. The summed E-state index contributed by atoms with van der Waals surface area (Å²) in [6.45, 7) is 7.14. The molecule has 0 bridgehead atoms. The molecule has 0 aliphatic heterocycles. The van der Waals surface area contributed by atoms with E-state index in [-0.39, 0.29) is 0 Å². The second-order valence-corrected chi connectivity index (χ2v) is 6.51. The van der Waals surface area contributed by atoms with Crippen molar-refractivity contribution in [3.63, 3.8) is 0 Å². The van der Waals surface area contributed by atoms with Crippen molar-refractivity contribution in [1.82, 2.24) is 9.97 Å². The van der Waals surface area contributed by atoms with Crippen LogP contribution < -0.4 is 9.47 Å². The quantitative estimate of drug-likeness (QED) is 0.319. The highest BCUT2D eigenvalue weighted by molar-refractivity contribution is 5.56. The summed E-state index contributed by atoms with van der Waals surface area (Å²) < 4.78 is 16.8. The number of hydrogen-bond acceptors (Lipinski definition) is 5. The third-order valence-electron chi connectivity index (χ3n) is 4.01. The minimum Gasteiger partial charge on any atom is -0.490 e. The van der Waals surface area contributed by atoms with Crippen molar-refractivity contribution < 1.29 is 14.2 Å². The van der Waals surface area contributed by atoms with Gasteiger partial charge < -0.3 is 14.2 Å². The number of ether oxygens (including phenoxy) is 3. The third kappa shape index (κ3) is 8.53. The third-order valence-corrected chi connectivity index (χ3v) is 4.01. The fraction of sp³-hybridized carbons (Fsp3) is 0.478. The van der Waals surface area contributed by atoms with Crippen LogP contribution in [0.3, 0.4) is 0 Å². The number of rotatable bonds is 14. The van der Waals surface area contributed by atoms with Gasteiger partial charge in [0.1, 0.15) is 12.4 Å². The first-order chi connectivity index (χ1) is 13.8. The largest absolute Gasteiger partial charge is 0.490 e. The van der Waals surface area contributed by atoms with E-state index >= 15 is 0 Å². The summed E-state index contributed by atoms with van der Waals surface area (Å²) in [5.41, 5.74) is 0.952. The maximum atomic E-state index is 5.69. The molecule has 2 aromatic rings. The molecule has 0 saturated carbocycles. The van der Waals surface area contributed by atoms with Crippen molar-refractivity contribution in [3.05, 3.63) is 48.8 Å². The van der Waals surface area contributed by atoms with E-state index < -0.39 is 0 Å². The smallest absolute Gasteiger partial charge is 0.159 e. The molecule has 1 heterocycles. The van der Waals surface area contributed by atoms with E-state index in [0.29, 0.717) is 24.8 Å². The van der Waals surface area contributed by atoms with Crippen molar-refractivity contribution in [2.75, 3.05) is 26.4 Å². The molecule has 152 valence electrons. The van der Waals surface area contributed by atoms with E-state index in [4.69, 9.17) is 14.2 Å². The normalized spacial score (nSPS) is 11.1. The molecule has 1 aromatic carbocycles. The predicted molar refractivity (Wildman–Crippen MR) is 113 cm³/mol. The summed E-state index contributed by atoms with van der Waals surface area (Å²) in [6, 6.07) is 7.82. The van der Waals surface area contributed by atoms with Gasteiger partial charge in [-0.1, -0.05) is 32.4 Å². The van der Waals surface area contributed by atoms with E-state index in [1.165, 1.54) is 0 Å². The highest BCUT2D eigenvalue weighted by atomic mass is 16.5. The summed E-state index contributed by atoms with van der Waals surface area (Å²) in [7, 11) is 0. The van der Waals surface area contributed by atoms with Crippen LogP contribution >= 0.6 is 0 Å². The van der Waals surface area contributed by atoms with Crippen molar-refractivity contribution in [1.29, 1.82) is 0 Å². The zero-order valence-electron chi connectivity index (χ0n) is 17.1. The monoisotopic (exact) mass is 384 g/mol. The van der Waals surface area contributed by atoms with E-state index in [1.807, 2.05) is 24.3 Å². The molecule has 28 heavy (non-hydrogen) atoms. The van der Waals surface area contributed by atoms with Crippen molar-refractivity contribution >= 4 is 0 Å². The molecule has 0 aliphatic carbocycles. The highest BCUT2D eigenvalue weighted by Gasteiger charge is 2.03. The van der Waals surface area contributed by atoms with Crippen LogP contribution in [0.1, 0.15) is 46.0 Å². The standard InChI is InChI=1S/C23H32N2O3/c1-3-5-6-7-16-27-21-12-10-20(11-13-21)23-24-18-22(19-25-23)28-17-9-8-15-26-14-4-2/h6-7,10-13,18-19H,3-5,8-9,14-17H2,1-2H3. The van der Waals surface area contributed by atoms with Gasteiger partial charge in [0.25, 0.3) is 0 Å². The molecule has 1 aromatic heterocycles. The lowest BCUT2D eigenvalue weighted by atomic mass is 10.2. The van der Waals surface area contributed by atoms with Gasteiger partial charge in [-0.2, -0.15) is 0 Å². The Morgan fingerprint density at radius 2 is 1.54 bits per heavy atom. The average Bonchev–Trinajstić information content (AvgIpc) is 2.74. The SMILES string of the molecule is CCCC=CCOc1ccc(-c2ncc(OCCCCOCCC)cn2)cc1. The lowest BCUT2D eigenvalue weighted by molar-refractivity contribution is 0.127. The van der Waals surface area contributed by atoms with E-state index in [1.54, 1.807) is 12.4 Å². The first-order valence-electron chi connectivity index (χ1n) is 10.2. The highest BCUT2D eigenvalue weighted by Crippen LogP contribution is 2.20. The molecule has 0 N–H and O–H groups in total. The van der Waals surface area contributed by atoms with Crippen molar-refractivity contribution in [2.45, 2.75) is 46.0 Å². The molecule has 0 fully saturated rings. The van der Waals surface area contributed by atoms with Crippen molar-refractivity contribution in [2.24, 2.45) is 0 Å². The topological polar surface area (TPSA) is 53.5 Å². The van der Waals surface area contributed by atoms with Gasteiger partial charge in [0, 0.05) is 18.8 Å². The lowest BCUT2D eigenvalue weighted by Gasteiger charge is -2.07. The zero-order chi connectivity index (χ0) is 19.9. The number of allylic oxidation sites excluding steroid dienone is 1. The van der Waals surface area contributed by atoms with Crippen LogP contribution in [0.2, 0.25) is 0 Å². The summed E-state index contributed by atoms with van der Waals surface area (Å²) in [4.78, 5) is 8.80. The molecular weight excluding hydrogens is 352 g/mol. The molecule has 0 unspecified atom stereocenters. The number of nitrogens with zero attached hydrogens (tertiary/aromatic N) is 2. The van der Waals surface area contributed by atoms with Crippen LogP contribution in [-0.4, -0.2) is 36.4 Å². The van der Waals surface area contributed by atoms with Crippen LogP contribution in [0.25, 0.3) is 11.4 Å². The minimum absolute atomic E-state index is 0.590. The minimum atomic E-state index is 0.590. The Morgan fingerprint density at radius 3 is 2.25 bits per heavy atom. The van der Waals surface area contributed by atoms with E-state index in [2.05, 4.69) is 36.0 Å². The molecule has 0 spiro atoms. The summed E-state index contributed by atoms with van der Waals surface area (Å²) in [5.74, 6) is 2.21. The van der Waals surface area contributed by atoms with Gasteiger partial charge in [0.2, 0.25) is 0 Å². The Morgan fingerprint density at radius 1 is 0.786 bits per heavy atom. The van der Waals surface area contributed by atoms with Gasteiger partial charge in [-0.25, -0.2) is 9.97 Å². The summed E-state index contributed by atoms with van der Waals surface area (Å²) in [5, 5.41) is 0. The van der Waals surface area contributed by atoms with Gasteiger partial charge in [-0.05, 0) is 49.9 Å². The molecule has 0 radical (unpaired) electrons. The maximum absolute atomic E-state index is 5.69. The van der Waals surface area contributed by atoms with E-state index in [0.717, 1.165) is 56.6 Å². The molecular formula is C23H32N2O3. The van der Waals surface area contributed by atoms with Crippen LogP contribution in [0, 0.1) is 0 Å². The Kier molecular flexibility index (Phi) is 10.7. The zero-order valence-corrected chi connectivity index (χ0v) is 17.1. The Hall–Kier alpha value is -2.40. The van der Waals surface area contributed by atoms with Crippen LogP contribution in [-0.2, 0) is 4.74 Å². The van der Waals surface area contributed by atoms with Gasteiger partial charge >= 0.3 is 0 Å². The summed E-state index contributed by atoms with van der Waals surface area (Å²) in [6.07, 6.45) is 12.9. The molecule has 5 nitrogen and oxygen atoms in total. The lowest BCUT2D eigenvalue weighted by Crippen LogP contribution is -2.02. The predicted octanol–water partition coefficient (Wildman–Crippen LogP) is 5.46. The van der Waals surface area contributed by atoms with Crippen LogP contribution in [0.4, 0.5) is 0 Å². The molecule has 0 amide bonds. The van der Waals surface area contributed by atoms with Crippen LogP contribution in [0.5, 0.6) is 11.5 Å². The number of benzene rings is 1.